The number of amides is 1. The van der Waals surface area contributed by atoms with Crippen LogP contribution in [0.15, 0.2) is 95.4 Å². The van der Waals surface area contributed by atoms with Gasteiger partial charge in [-0.1, -0.05) is 53.0 Å². The van der Waals surface area contributed by atoms with Gasteiger partial charge in [0, 0.05) is 42.8 Å². The summed E-state index contributed by atoms with van der Waals surface area (Å²) in [6.07, 6.45) is 1.53. The molecule has 1 heterocycles. The Labute approximate surface area is 261 Å². The highest BCUT2D eigenvalue weighted by atomic mass is 35.5. The molecule has 0 atom stereocenters. The largest absolute Gasteiger partial charge is 0.493 e. The Morgan fingerprint density at radius 2 is 1.69 bits per heavy atom. The van der Waals surface area contributed by atoms with Gasteiger partial charge in [-0.15, -0.1) is 11.3 Å². The van der Waals surface area contributed by atoms with E-state index in [1.165, 1.54) is 17.6 Å². The summed E-state index contributed by atoms with van der Waals surface area (Å²) >= 11 is 19.6. The van der Waals surface area contributed by atoms with Gasteiger partial charge in [0.05, 0.1) is 19.0 Å². The number of carbonyl (C=O) groups excluding carboxylic acids is 1. The molecule has 2 N–H and O–H groups in total. The summed E-state index contributed by atoms with van der Waals surface area (Å²) in [5, 5.41) is 11.8. The van der Waals surface area contributed by atoms with Crippen LogP contribution in [0.4, 0.5) is 10.8 Å². The minimum Gasteiger partial charge on any atom is -0.493 e. The molecule has 0 aliphatic carbocycles. The van der Waals surface area contributed by atoms with E-state index < -0.39 is 0 Å². The van der Waals surface area contributed by atoms with Crippen LogP contribution >= 0.6 is 46.1 Å². The van der Waals surface area contributed by atoms with Crippen molar-refractivity contribution in [2.24, 2.45) is 5.10 Å². The highest BCUT2D eigenvalue weighted by molar-refractivity contribution is 7.14. The fourth-order valence-electron chi connectivity index (χ4n) is 3.82. The van der Waals surface area contributed by atoms with Crippen LogP contribution in [-0.2, 0) is 6.61 Å². The molecule has 42 heavy (non-hydrogen) atoms. The number of anilines is 2. The molecule has 0 unspecified atom stereocenters. The molecule has 212 valence electrons. The lowest BCUT2D eigenvalue weighted by molar-refractivity contribution is 0.0955. The predicted molar refractivity (Wildman–Crippen MR) is 171 cm³/mol. The number of halogens is 3. The SMILES string of the molecule is COc1cc(/C=N\NC(=O)c2ccc(-c3csc(Nc4ccc(Cl)cc4)n3)cc2)ccc1OCc1ccc(Cl)cc1Cl. The zero-order chi connectivity index (χ0) is 29.5. The summed E-state index contributed by atoms with van der Waals surface area (Å²) in [7, 11) is 1.55. The predicted octanol–water partition coefficient (Wildman–Crippen LogP) is 8.87. The van der Waals surface area contributed by atoms with Crippen molar-refractivity contribution >= 4 is 69.1 Å². The molecule has 0 spiro atoms. The van der Waals surface area contributed by atoms with E-state index in [0.29, 0.717) is 37.7 Å². The van der Waals surface area contributed by atoms with Crippen molar-refractivity contribution < 1.29 is 14.3 Å². The summed E-state index contributed by atoms with van der Waals surface area (Å²) < 4.78 is 11.3. The van der Waals surface area contributed by atoms with Crippen molar-refractivity contribution in [2.45, 2.75) is 6.61 Å². The number of benzene rings is 4. The number of hydrogen-bond acceptors (Lipinski definition) is 7. The van der Waals surface area contributed by atoms with Crippen molar-refractivity contribution in [1.29, 1.82) is 0 Å². The van der Waals surface area contributed by atoms with E-state index in [1.807, 2.05) is 47.8 Å². The van der Waals surface area contributed by atoms with Gasteiger partial charge in [-0.2, -0.15) is 5.10 Å². The molecular weight excluding hydrogens is 615 g/mol. The van der Waals surface area contributed by atoms with Crippen molar-refractivity contribution in [3.8, 4) is 22.8 Å². The van der Waals surface area contributed by atoms with Crippen molar-refractivity contribution in [3.05, 3.63) is 122 Å². The number of nitrogens with zero attached hydrogens (tertiary/aromatic N) is 2. The van der Waals surface area contributed by atoms with Crippen LogP contribution in [0.1, 0.15) is 21.5 Å². The van der Waals surface area contributed by atoms with Crippen LogP contribution in [0, 0.1) is 0 Å². The third kappa shape index (κ3) is 7.60. The molecule has 7 nitrogen and oxygen atoms in total. The number of rotatable bonds is 10. The van der Waals surface area contributed by atoms with E-state index in [9.17, 15) is 4.79 Å². The first kappa shape index (κ1) is 29.4. The Hall–Kier alpha value is -4.08. The topological polar surface area (TPSA) is 84.8 Å². The molecule has 4 aromatic carbocycles. The second kappa shape index (κ2) is 13.7. The summed E-state index contributed by atoms with van der Waals surface area (Å²) in [6, 6.07) is 25.1. The van der Waals surface area contributed by atoms with Crippen LogP contribution in [0.2, 0.25) is 15.1 Å². The molecule has 0 aliphatic heterocycles. The van der Waals surface area contributed by atoms with Crippen LogP contribution in [-0.4, -0.2) is 24.2 Å². The fourth-order valence-corrected chi connectivity index (χ4v) is 5.15. The molecule has 0 saturated heterocycles. The number of aromatic nitrogens is 1. The Kier molecular flexibility index (Phi) is 9.61. The maximum atomic E-state index is 12.6. The average molecular weight is 638 g/mol. The quantitative estimate of drug-likeness (QED) is 0.118. The maximum Gasteiger partial charge on any atom is 0.271 e. The van der Waals surface area contributed by atoms with Crippen molar-refractivity contribution in [2.75, 3.05) is 12.4 Å². The standard InChI is InChI=1S/C31H23Cl3N4O3S/c1-40-29-14-19(2-13-28(29)41-17-22-7-8-24(33)15-26(22)34)16-35-38-30(39)21-5-3-20(4-6-21)27-18-42-31(37-27)36-25-11-9-23(32)10-12-25/h2-16,18H,17H2,1H3,(H,36,37)(H,38,39)/b35-16-. The Morgan fingerprint density at radius 1 is 0.929 bits per heavy atom. The summed E-state index contributed by atoms with van der Waals surface area (Å²) in [5.41, 5.74) is 7.12. The molecule has 1 aromatic heterocycles. The first-order chi connectivity index (χ1) is 20.4. The first-order valence-corrected chi connectivity index (χ1v) is 14.6. The number of hydrogen-bond donors (Lipinski definition) is 2. The van der Waals surface area contributed by atoms with Gasteiger partial charge in [-0.05, 0) is 72.3 Å². The van der Waals surface area contributed by atoms with E-state index in [-0.39, 0.29) is 12.5 Å². The minimum atomic E-state index is -0.340. The zero-order valence-corrected chi connectivity index (χ0v) is 25.2. The second-order valence-electron chi connectivity index (χ2n) is 8.88. The lowest BCUT2D eigenvalue weighted by Gasteiger charge is -2.12. The Morgan fingerprint density at radius 3 is 2.43 bits per heavy atom. The highest BCUT2D eigenvalue weighted by Gasteiger charge is 2.10. The van der Waals surface area contributed by atoms with Crippen LogP contribution in [0.5, 0.6) is 11.5 Å². The third-order valence-corrected chi connectivity index (χ3v) is 7.60. The minimum absolute atomic E-state index is 0.249. The van der Waals surface area contributed by atoms with Crippen LogP contribution in [0.25, 0.3) is 11.3 Å². The van der Waals surface area contributed by atoms with Gasteiger partial charge in [0.15, 0.2) is 16.6 Å². The van der Waals surface area contributed by atoms with E-state index in [4.69, 9.17) is 44.3 Å². The van der Waals surface area contributed by atoms with Gasteiger partial charge in [-0.25, -0.2) is 10.4 Å². The molecule has 5 aromatic rings. The fraction of sp³-hybridized carbons (Fsp3) is 0.0645. The molecule has 5 rings (SSSR count). The lowest BCUT2D eigenvalue weighted by Crippen LogP contribution is -2.17. The van der Waals surface area contributed by atoms with E-state index >= 15 is 0 Å². The van der Waals surface area contributed by atoms with E-state index in [0.717, 1.165) is 27.6 Å². The highest BCUT2D eigenvalue weighted by Crippen LogP contribution is 2.30. The number of nitrogens with one attached hydrogen (secondary N) is 2. The van der Waals surface area contributed by atoms with Crippen LogP contribution < -0.4 is 20.2 Å². The molecule has 11 heteroatoms. The second-order valence-corrected chi connectivity index (χ2v) is 11.0. The number of carbonyl (C=O) groups is 1. The van der Waals surface area contributed by atoms with Gasteiger partial charge in [0.25, 0.3) is 5.91 Å². The number of hydrazone groups is 1. The molecule has 1 amide bonds. The smallest absolute Gasteiger partial charge is 0.271 e. The molecule has 0 bridgehead atoms. The summed E-state index contributed by atoms with van der Waals surface area (Å²) in [5.74, 6) is 0.713. The number of methoxy groups -OCH3 is 1. The van der Waals surface area contributed by atoms with Gasteiger partial charge in [0.1, 0.15) is 6.61 Å². The van der Waals surface area contributed by atoms with E-state index in [2.05, 4.69) is 20.8 Å². The van der Waals surface area contributed by atoms with Crippen LogP contribution in [0.3, 0.4) is 0 Å². The lowest BCUT2D eigenvalue weighted by atomic mass is 10.1. The molecular formula is C31H23Cl3N4O3S. The number of ether oxygens (including phenoxy) is 2. The molecule has 0 fully saturated rings. The number of thiazole rings is 1. The van der Waals surface area contributed by atoms with E-state index in [1.54, 1.807) is 49.6 Å². The van der Waals surface area contributed by atoms with Crippen molar-refractivity contribution in [3.63, 3.8) is 0 Å². The first-order valence-electron chi connectivity index (χ1n) is 12.5. The van der Waals surface area contributed by atoms with Gasteiger partial charge < -0.3 is 14.8 Å². The van der Waals surface area contributed by atoms with Gasteiger partial charge >= 0.3 is 0 Å². The summed E-state index contributed by atoms with van der Waals surface area (Å²) in [4.78, 5) is 17.3. The third-order valence-electron chi connectivity index (χ3n) is 6.01. The monoisotopic (exact) mass is 636 g/mol. The molecule has 0 radical (unpaired) electrons. The zero-order valence-electron chi connectivity index (χ0n) is 22.1. The normalized spacial score (nSPS) is 11.0. The molecule has 0 aliphatic rings. The van der Waals surface area contributed by atoms with Gasteiger partial charge in [-0.3, -0.25) is 4.79 Å². The maximum absolute atomic E-state index is 12.6. The summed E-state index contributed by atoms with van der Waals surface area (Å²) in [6.45, 7) is 0.249. The van der Waals surface area contributed by atoms with Crippen molar-refractivity contribution in [1.82, 2.24) is 10.4 Å². The van der Waals surface area contributed by atoms with Gasteiger partial charge in [0.2, 0.25) is 0 Å². The average Bonchev–Trinajstić information content (AvgIpc) is 3.46. The molecule has 0 saturated carbocycles. The Bertz CT molecular complexity index is 1720. The Balaban J connectivity index is 1.16.